The molecule has 2 heterocycles. The lowest BCUT2D eigenvalue weighted by molar-refractivity contribution is -0.133. The molecular weight excluding hydrogens is 323 g/mol. The molecule has 0 spiro atoms. The monoisotopic (exact) mass is 344 g/mol. The molecule has 1 atom stereocenters. The average Bonchev–Trinajstić information content (AvgIpc) is 3.10. The molecule has 0 radical (unpaired) electrons. The molecule has 1 unspecified atom stereocenters. The molecule has 1 fully saturated rings. The fourth-order valence-electron chi connectivity index (χ4n) is 3.08. The minimum atomic E-state index is -0.278. The second-order valence-electron chi connectivity index (χ2n) is 6.30. The van der Waals surface area contributed by atoms with Gasteiger partial charge in [-0.1, -0.05) is 0 Å². The fraction of sp³-hybridized carbons (Fsp3) is 0.389. The number of nitrogens with one attached hydrogen (secondary N) is 2. The first-order valence-corrected chi connectivity index (χ1v) is 8.36. The van der Waals surface area contributed by atoms with Gasteiger partial charge in [0, 0.05) is 37.2 Å². The number of hydrogen-bond donors (Lipinski definition) is 2. The predicted octanol–water partition coefficient (Wildman–Crippen LogP) is 2.06. The number of H-pyrrole nitrogens is 1. The predicted molar refractivity (Wildman–Crippen MR) is 91.2 cm³/mol. The molecule has 0 saturated carbocycles. The lowest BCUT2D eigenvalue weighted by atomic mass is 9.94. The van der Waals surface area contributed by atoms with Crippen LogP contribution < -0.4 is 5.32 Å². The molecule has 7 heteroatoms. The number of carbonyl (C=O) groups excluding carboxylic acids is 2. The van der Waals surface area contributed by atoms with Crippen LogP contribution in [0.4, 0.5) is 4.39 Å². The van der Waals surface area contributed by atoms with Gasteiger partial charge in [0.15, 0.2) is 0 Å². The third kappa shape index (κ3) is 4.23. The van der Waals surface area contributed by atoms with Gasteiger partial charge in [0.25, 0.3) is 0 Å². The van der Waals surface area contributed by atoms with E-state index in [4.69, 9.17) is 0 Å². The van der Waals surface area contributed by atoms with Crippen molar-refractivity contribution >= 4 is 11.8 Å². The zero-order valence-corrected chi connectivity index (χ0v) is 14.1. The van der Waals surface area contributed by atoms with Gasteiger partial charge in [-0.2, -0.15) is 5.10 Å². The Labute approximate surface area is 145 Å². The van der Waals surface area contributed by atoms with Crippen molar-refractivity contribution in [3.8, 4) is 11.3 Å². The Morgan fingerprint density at radius 3 is 2.84 bits per heavy atom. The largest absolute Gasteiger partial charge is 0.347 e. The van der Waals surface area contributed by atoms with Crippen LogP contribution in [0.3, 0.4) is 0 Å². The van der Waals surface area contributed by atoms with Crippen LogP contribution in [0.25, 0.3) is 11.3 Å². The van der Waals surface area contributed by atoms with Gasteiger partial charge in [-0.05, 0) is 43.2 Å². The highest BCUT2D eigenvalue weighted by molar-refractivity contribution is 5.83. The molecule has 1 aliphatic rings. The van der Waals surface area contributed by atoms with Crippen molar-refractivity contribution in [2.24, 2.45) is 0 Å². The van der Waals surface area contributed by atoms with E-state index in [9.17, 15) is 14.0 Å². The van der Waals surface area contributed by atoms with Gasteiger partial charge < -0.3 is 10.2 Å². The van der Waals surface area contributed by atoms with Crippen molar-refractivity contribution in [3.63, 3.8) is 0 Å². The van der Waals surface area contributed by atoms with Gasteiger partial charge in [-0.25, -0.2) is 4.39 Å². The molecular formula is C18H21FN4O2. The molecule has 1 saturated heterocycles. The van der Waals surface area contributed by atoms with Gasteiger partial charge in [0.1, 0.15) is 5.82 Å². The van der Waals surface area contributed by atoms with E-state index in [0.717, 1.165) is 29.8 Å². The third-order valence-corrected chi connectivity index (χ3v) is 4.44. The van der Waals surface area contributed by atoms with Crippen molar-refractivity contribution in [1.29, 1.82) is 0 Å². The number of benzene rings is 1. The number of aromatic nitrogens is 2. The van der Waals surface area contributed by atoms with Crippen molar-refractivity contribution in [3.05, 3.63) is 41.8 Å². The number of hydrogen-bond acceptors (Lipinski definition) is 3. The number of carbonyl (C=O) groups is 2. The molecule has 1 aliphatic heterocycles. The highest BCUT2D eigenvalue weighted by Gasteiger charge is 2.26. The van der Waals surface area contributed by atoms with Crippen molar-refractivity contribution in [2.45, 2.75) is 25.7 Å². The maximum atomic E-state index is 13.0. The lowest BCUT2D eigenvalue weighted by Crippen LogP contribution is -2.44. The highest BCUT2D eigenvalue weighted by Crippen LogP contribution is 2.28. The van der Waals surface area contributed by atoms with Crippen LogP contribution in [0, 0.1) is 5.82 Å². The molecule has 25 heavy (non-hydrogen) atoms. The van der Waals surface area contributed by atoms with E-state index in [2.05, 4.69) is 15.5 Å². The summed E-state index contributed by atoms with van der Waals surface area (Å²) in [5.41, 5.74) is 2.58. The van der Waals surface area contributed by atoms with E-state index >= 15 is 0 Å². The minimum Gasteiger partial charge on any atom is -0.347 e. The first-order chi connectivity index (χ1) is 12.0. The molecule has 3 rings (SSSR count). The fourth-order valence-corrected chi connectivity index (χ4v) is 3.08. The summed E-state index contributed by atoms with van der Waals surface area (Å²) >= 11 is 0. The second kappa shape index (κ2) is 7.46. The Morgan fingerprint density at radius 2 is 2.12 bits per heavy atom. The van der Waals surface area contributed by atoms with E-state index in [0.29, 0.717) is 13.1 Å². The number of halogens is 1. The lowest BCUT2D eigenvalue weighted by Gasteiger charge is -2.32. The summed E-state index contributed by atoms with van der Waals surface area (Å²) in [7, 11) is 0. The van der Waals surface area contributed by atoms with Gasteiger partial charge in [-0.15, -0.1) is 0 Å². The van der Waals surface area contributed by atoms with Crippen molar-refractivity contribution in [1.82, 2.24) is 20.4 Å². The van der Waals surface area contributed by atoms with Crippen molar-refractivity contribution < 1.29 is 14.0 Å². The standard InChI is InChI=1S/C18H21FN4O2/c1-12(24)20-10-18(25)23-8-2-3-14(11-23)17-9-16(21-22-17)13-4-6-15(19)7-5-13/h4-7,9,14H,2-3,8,10-11H2,1H3,(H,20,24)(H,21,22). The summed E-state index contributed by atoms with van der Waals surface area (Å²) in [4.78, 5) is 24.9. The van der Waals surface area contributed by atoms with E-state index in [1.165, 1.54) is 19.1 Å². The summed E-state index contributed by atoms with van der Waals surface area (Å²) in [5, 5.41) is 9.91. The number of rotatable bonds is 4. The summed E-state index contributed by atoms with van der Waals surface area (Å²) in [6.07, 6.45) is 1.87. The summed E-state index contributed by atoms with van der Waals surface area (Å²) in [5.74, 6) is -0.380. The van der Waals surface area contributed by atoms with Gasteiger partial charge in [0.05, 0.1) is 12.2 Å². The Kier molecular flexibility index (Phi) is 5.11. The third-order valence-electron chi connectivity index (χ3n) is 4.44. The molecule has 132 valence electrons. The normalized spacial score (nSPS) is 17.4. The van der Waals surface area contributed by atoms with Crippen LogP contribution >= 0.6 is 0 Å². The second-order valence-corrected chi connectivity index (χ2v) is 6.30. The molecule has 6 nitrogen and oxygen atoms in total. The number of nitrogens with zero attached hydrogens (tertiary/aromatic N) is 2. The van der Waals surface area contributed by atoms with Crippen LogP contribution in [0.2, 0.25) is 0 Å². The van der Waals surface area contributed by atoms with E-state index in [1.807, 2.05) is 6.07 Å². The molecule has 2 N–H and O–H groups in total. The smallest absolute Gasteiger partial charge is 0.241 e. The van der Waals surface area contributed by atoms with E-state index < -0.39 is 0 Å². The summed E-state index contributed by atoms with van der Waals surface area (Å²) in [6.45, 7) is 2.73. The van der Waals surface area contributed by atoms with Gasteiger partial charge in [0.2, 0.25) is 11.8 Å². The van der Waals surface area contributed by atoms with E-state index in [-0.39, 0.29) is 30.1 Å². The van der Waals surface area contributed by atoms with Crippen molar-refractivity contribution in [2.75, 3.05) is 19.6 Å². The highest BCUT2D eigenvalue weighted by atomic mass is 19.1. The summed E-state index contributed by atoms with van der Waals surface area (Å²) < 4.78 is 13.0. The first kappa shape index (κ1) is 17.1. The molecule has 0 aliphatic carbocycles. The minimum absolute atomic E-state index is 0.0336. The quantitative estimate of drug-likeness (QED) is 0.891. The first-order valence-electron chi connectivity index (χ1n) is 8.36. The van der Waals surface area contributed by atoms with Gasteiger partial charge in [-0.3, -0.25) is 14.7 Å². The Bertz CT molecular complexity index is 757. The Morgan fingerprint density at radius 1 is 1.36 bits per heavy atom. The molecule has 2 amide bonds. The molecule has 0 bridgehead atoms. The zero-order chi connectivity index (χ0) is 17.8. The maximum absolute atomic E-state index is 13.0. The summed E-state index contributed by atoms with van der Waals surface area (Å²) in [6, 6.07) is 8.16. The van der Waals surface area contributed by atoms with E-state index in [1.54, 1.807) is 17.0 Å². The van der Waals surface area contributed by atoms with Crippen LogP contribution in [-0.2, 0) is 9.59 Å². The SMILES string of the molecule is CC(=O)NCC(=O)N1CCCC(c2cc(-c3ccc(F)cc3)n[nH]2)C1. The number of amides is 2. The molecule has 2 aromatic rings. The number of likely N-dealkylation sites (tertiary alicyclic amines) is 1. The van der Waals surface area contributed by atoms with Crippen LogP contribution in [-0.4, -0.2) is 46.5 Å². The van der Waals surface area contributed by atoms with Crippen LogP contribution in [0.5, 0.6) is 0 Å². The van der Waals surface area contributed by atoms with Crippen LogP contribution in [0.1, 0.15) is 31.4 Å². The van der Waals surface area contributed by atoms with Gasteiger partial charge >= 0.3 is 0 Å². The molecule has 1 aromatic carbocycles. The van der Waals surface area contributed by atoms with Crippen LogP contribution in [0.15, 0.2) is 30.3 Å². The number of piperidine rings is 1. The molecule has 1 aromatic heterocycles. The maximum Gasteiger partial charge on any atom is 0.241 e. The topological polar surface area (TPSA) is 78.1 Å². The number of aromatic amines is 1. The average molecular weight is 344 g/mol. The Hall–Kier alpha value is -2.70. The zero-order valence-electron chi connectivity index (χ0n) is 14.1. The Balaban J connectivity index is 1.66.